The Labute approximate surface area is 183 Å². The van der Waals surface area contributed by atoms with E-state index in [1.54, 1.807) is 0 Å². The zero-order valence-corrected chi connectivity index (χ0v) is 19.3. The molecule has 0 spiro atoms. The van der Waals surface area contributed by atoms with Crippen molar-refractivity contribution in [2.75, 3.05) is 38.0 Å². The van der Waals surface area contributed by atoms with E-state index in [4.69, 9.17) is 0 Å². The van der Waals surface area contributed by atoms with Gasteiger partial charge in [0.15, 0.2) is 0 Å². The molecule has 0 aliphatic rings. The molecule has 2 aromatic carbocycles. The number of hydrogen-bond donors (Lipinski definition) is 0. The molecule has 0 saturated carbocycles. The SMILES string of the molecule is CN(C)c1ccc(-c2cc3c(s2)sc2sc(-c4ccc(N(C)C)cc4)cc23)cc1. The van der Waals surface area contributed by atoms with Crippen molar-refractivity contribution in [3.8, 4) is 20.9 Å². The standard InChI is InChI=1S/C24H22N2S3/c1-25(2)17-9-5-15(6-10-17)21-13-19-20-14-22(28-24(20)29-23(19)27-21)16-7-11-18(12-8-16)26(3)4/h5-14H,1-4H3. The lowest BCUT2D eigenvalue weighted by atomic mass is 10.1. The van der Waals surface area contributed by atoms with Crippen LogP contribution in [-0.4, -0.2) is 28.2 Å². The summed E-state index contributed by atoms with van der Waals surface area (Å²) in [6.45, 7) is 0. The smallest absolute Gasteiger partial charge is 0.0892 e. The van der Waals surface area contributed by atoms with E-state index >= 15 is 0 Å². The summed E-state index contributed by atoms with van der Waals surface area (Å²) < 4.78 is 2.85. The second-order valence-corrected chi connectivity index (χ2v) is 11.3. The van der Waals surface area contributed by atoms with Crippen LogP contribution in [-0.2, 0) is 0 Å². The fourth-order valence-corrected chi connectivity index (χ4v) is 7.57. The van der Waals surface area contributed by atoms with Crippen LogP contribution in [0.15, 0.2) is 60.7 Å². The fourth-order valence-electron chi connectivity index (χ4n) is 3.49. The Bertz CT molecular complexity index is 1190. The summed E-state index contributed by atoms with van der Waals surface area (Å²) in [6.07, 6.45) is 0. The molecule has 0 atom stereocenters. The van der Waals surface area contributed by atoms with Crippen molar-refractivity contribution in [3.63, 3.8) is 0 Å². The van der Waals surface area contributed by atoms with E-state index in [-0.39, 0.29) is 0 Å². The lowest BCUT2D eigenvalue weighted by molar-refractivity contribution is 1.13. The molecule has 0 aliphatic carbocycles. The summed E-state index contributed by atoms with van der Waals surface area (Å²) in [4.78, 5) is 6.97. The topological polar surface area (TPSA) is 6.48 Å². The molecule has 5 heteroatoms. The molecule has 2 nitrogen and oxygen atoms in total. The van der Waals surface area contributed by atoms with Crippen LogP contribution < -0.4 is 9.80 Å². The molecule has 146 valence electrons. The van der Waals surface area contributed by atoms with Gasteiger partial charge < -0.3 is 9.80 Å². The highest BCUT2D eigenvalue weighted by atomic mass is 32.2. The van der Waals surface area contributed by atoms with Gasteiger partial charge in [-0.2, -0.15) is 0 Å². The van der Waals surface area contributed by atoms with Crippen molar-refractivity contribution in [3.05, 3.63) is 60.7 Å². The molecule has 5 aromatic rings. The molecule has 0 fully saturated rings. The van der Waals surface area contributed by atoms with E-state index in [0.29, 0.717) is 0 Å². The summed E-state index contributed by atoms with van der Waals surface area (Å²) in [7, 11) is 8.31. The number of hydrogen-bond acceptors (Lipinski definition) is 5. The lowest BCUT2D eigenvalue weighted by Gasteiger charge is -2.12. The Morgan fingerprint density at radius 3 is 1.24 bits per heavy atom. The molecule has 0 aliphatic heterocycles. The quantitative estimate of drug-likeness (QED) is 0.287. The minimum absolute atomic E-state index is 1.23. The molecule has 0 saturated heterocycles. The van der Waals surface area contributed by atoms with Crippen molar-refractivity contribution in [2.45, 2.75) is 0 Å². The summed E-state index contributed by atoms with van der Waals surface area (Å²) >= 11 is 5.75. The van der Waals surface area contributed by atoms with Crippen LogP contribution in [0.3, 0.4) is 0 Å². The molecule has 3 heterocycles. The zero-order valence-electron chi connectivity index (χ0n) is 16.9. The summed E-state index contributed by atoms with van der Waals surface area (Å²) in [6, 6.07) is 22.4. The zero-order chi connectivity index (χ0) is 20.1. The Morgan fingerprint density at radius 2 is 0.897 bits per heavy atom. The molecule has 0 radical (unpaired) electrons. The summed E-state index contributed by atoms with van der Waals surface area (Å²) in [5, 5.41) is 2.79. The Hall–Kier alpha value is -2.34. The fraction of sp³-hybridized carbons (Fsp3) is 0.167. The van der Waals surface area contributed by atoms with Gasteiger partial charge in [-0.05, 0) is 47.5 Å². The van der Waals surface area contributed by atoms with Crippen molar-refractivity contribution in [2.24, 2.45) is 0 Å². The van der Waals surface area contributed by atoms with Gasteiger partial charge in [0.05, 0.1) is 8.03 Å². The molecule has 0 bridgehead atoms. The van der Waals surface area contributed by atoms with Gasteiger partial charge in [0.1, 0.15) is 0 Å². The Morgan fingerprint density at radius 1 is 0.517 bits per heavy atom. The number of anilines is 2. The minimum atomic E-state index is 1.23. The number of benzene rings is 2. The van der Waals surface area contributed by atoms with Crippen LogP contribution in [0, 0.1) is 0 Å². The molecule has 29 heavy (non-hydrogen) atoms. The molecular weight excluding hydrogens is 412 g/mol. The van der Waals surface area contributed by atoms with Gasteiger partial charge in [0.2, 0.25) is 0 Å². The predicted molar refractivity (Wildman–Crippen MR) is 135 cm³/mol. The summed E-state index contributed by atoms with van der Waals surface area (Å²) in [5.41, 5.74) is 5.06. The molecular formula is C24H22N2S3. The number of nitrogens with zero attached hydrogens (tertiary/aromatic N) is 2. The monoisotopic (exact) mass is 434 g/mol. The highest BCUT2D eigenvalue weighted by Gasteiger charge is 2.14. The predicted octanol–water partition coefficient (Wildman–Crippen LogP) is 7.64. The van der Waals surface area contributed by atoms with Crippen LogP contribution in [0.1, 0.15) is 0 Å². The van der Waals surface area contributed by atoms with Crippen LogP contribution in [0.2, 0.25) is 0 Å². The van der Waals surface area contributed by atoms with Crippen molar-refractivity contribution in [1.82, 2.24) is 0 Å². The average molecular weight is 435 g/mol. The highest BCUT2D eigenvalue weighted by Crippen LogP contribution is 2.47. The van der Waals surface area contributed by atoms with E-state index in [1.807, 2.05) is 34.0 Å². The highest BCUT2D eigenvalue weighted by molar-refractivity contribution is 7.50. The first-order chi connectivity index (χ1) is 14.0. The first kappa shape index (κ1) is 18.7. The number of rotatable bonds is 4. The molecule has 3 aromatic heterocycles. The third-order valence-corrected chi connectivity index (χ3v) is 8.98. The van der Waals surface area contributed by atoms with Gasteiger partial charge in [-0.1, -0.05) is 24.3 Å². The maximum atomic E-state index is 2.37. The van der Waals surface area contributed by atoms with Gasteiger partial charge in [0, 0.05) is 60.1 Å². The molecule has 5 rings (SSSR count). The largest absolute Gasteiger partial charge is 0.378 e. The van der Waals surface area contributed by atoms with Crippen LogP contribution in [0.25, 0.3) is 39.7 Å². The van der Waals surface area contributed by atoms with Crippen molar-refractivity contribution >= 4 is 64.2 Å². The van der Waals surface area contributed by atoms with Crippen molar-refractivity contribution in [1.29, 1.82) is 0 Å². The second-order valence-electron chi connectivity index (χ2n) is 7.61. The second kappa shape index (κ2) is 7.17. The van der Waals surface area contributed by atoms with Crippen LogP contribution in [0.4, 0.5) is 11.4 Å². The Kier molecular flexibility index (Phi) is 4.62. The van der Waals surface area contributed by atoms with Gasteiger partial charge in [0.25, 0.3) is 0 Å². The van der Waals surface area contributed by atoms with Crippen LogP contribution in [0.5, 0.6) is 0 Å². The maximum absolute atomic E-state index is 2.37. The van der Waals surface area contributed by atoms with Gasteiger partial charge >= 0.3 is 0 Å². The number of thiophene rings is 3. The van der Waals surface area contributed by atoms with Crippen molar-refractivity contribution < 1.29 is 0 Å². The molecule has 0 N–H and O–H groups in total. The van der Waals surface area contributed by atoms with Gasteiger partial charge in [-0.25, -0.2) is 0 Å². The van der Waals surface area contributed by atoms with E-state index < -0.39 is 0 Å². The number of fused-ring (bicyclic) bond motifs is 3. The third-order valence-electron chi connectivity index (χ3n) is 5.21. The molecule has 0 amide bonds. The first-order valence-electron chi connectivity index (χ1n) is 9.51. The van der Waals surface area contributed by atoms with E-state index in [0.717, 1.165) is 0 Å². The maximum Gasteiger partial charge on any atom is 0.0892 e. The van der Waals surface area contributed by atoms with Gasteiger partial charge in [-0.15, -0.1) is 34.0 Å². The first-order valence-corrected chi connectivity index (χ1v) is 12.0. The van der Waals surface area contributed by atoms with E-state index in [2.05, 4.69) is 98.7 Å². The lowest BCUT2D eigenvalue weighted by Crippen LogP contribution is -2.07. The minimum Gasteiger partial charge on any atom is -0.378 e. The molecule has 0 unspecified atom stereocenters. The third kappa shape index (κ3) is 3.33. The average Bonchev–Trinajstić information content (AvgIpc) is 3.38. The van der Waals surface area contributed by atoms with E-state index in [1.165, 1.54) is 51.1 Å². The summed E-state index contributed by atoms with van der Waals surface area (Å²) in [5.74, 6) is 0. The van der Waals surface area contributed by atoms with Crippen LogP contribution >= 0.6 is 34.0 Å². The van der Waals surface area contributed by atoms with Gasteiger partial charge in [-0.3, -0.25) is 0 Å². The van der Waals surface area contributed by atoms with E-state index in [9.17, 15) is 0 Å². The normalized spacial score (nSPS) is 11.4. The Balaban J connectivity index is 1.52.